The molecule has 0 N–H and O–H groups in total. The number of rotatable bonds is 4. The van der Waals surface area contributed by atoms with Crippen molar-refractivity contribution < 1.29 is 9.68 Å². The van der Waals surface area contributed by atoms with Gasteiger partial charge in [-0.25, -0.2) is 9.68 Å². The van der Waals surface area contributed by atoms with Crippen molar-refractivity contribution in [3.63, 3.8) is 0 Å². The van der Waals surface area contributed by atoms with Gasteiger partial charge in [0.2, 0.25) is 0 Å². The lowest BCUT2D eigenvalue weighted by atomic mass is 9.90. The molecule has 0 radical (unpaired) electrons. The van der Waals surface area contributed by atoms with Crippen LogP contribution in [0.25, 0.3) is 0 Å². The molecule has 1 aliphatic rings. The van der Waals surface area contributed by atoms with Gasteiger partial charge in [-0.15, -0.1) is 5.23 Å². The van der Waals surface area contributed by atoms with Crippen LogP contribution in [-0.4, -0.2) is 16.4 Å². The minimum absolute atomic E-state index is 0.402. The minimum atomic E-state index is -0.402. The van der Waals surface area contributed by atoms with Crippen molar-refractivity contribution in [1.29, 1.82) is 0 Å². The summed E-state index contributed by atoms with van der Waals surface area (Å²) in [6, 6.07) is 0. The lowest BCUT2D eigenvalue weighted by Gasteiger charge is -2.26. The van der Waals surface area contributed by atoms with Crippen LogP contribution in [0.2, 0.25) is 0 Å². The maximum atomic E-state index is 5.73. The molecule has 0 bridgehead atoms. The second-order valence-electron chi connectivity index (χ2n) is 5.16. The molecule has 0 unspecified atom stereocenters. The van der Waals surface area contributed by atoms with E-state index in [0.717, 1.165) is 10.5 Å². The van der Waals surface area contributed by atoms with Crippen molar-refractivity contribution in [3.05, 3.63) is 35.2 Å². The fourth-order valence-corrected chi connectivity index (χ4v) is 1.63. The van der Waals surface area contributed by atoms with E-state index in [4.69, 9.17) is 9.68 Å². The molecule has 0 amide bonds. The second kappa shape index (κ2) is 4.52. The van der Waals surface area contributed by atoms with Gasteiger partial charge in [0, 0.05) is 4.91 Å². The molecule has 1 aliphatic heterocycles. The van der Waals surface area contributed by atoms with Crippen LogP contribution < -0.4 is 0 Å². The highest BCUT2D eigenvalue weighted by Gasteiger charge is 2.50. The molecule has 0 aliphatic carbocycles. The number of nitrogens with zero attached hydrogens (tertiary/aromatic N) is 1. The molecule has 0 aromatic carbocycles. The third kappa shape index (κ3) is 2.94. The Morgan fingerprint density at radius 1 is 1.00 bits per heavy atom. The van der Waals surface area contributed by atoms with Crippen molar-refractivity contribution >= 4 is 11.8 Å². The largest absolute Gasteiger partial charge is 0.239 e. The highest BCUT2D eigenvalue weighted by atomic mass is 32.2. The average molecular weight is 255 g/mol. The molecule has 0 spiro atoms. The van der Waals surface area contributed by atoms with Gasteiger partial charge in [0.05, 0.1) is 0 Å². The van der Waals surface area contributed by atoms with Crippen LogP contribution in [0.3, 0.4) is 0 Å². The van der Waals surface area contributed by atoms with E-state index in [1.807, 2.05) is 34.6 Å². The first-order valence-electron chi connectivity index (χ1n) is 5.47. The predicted octanol–water partition coefficient (Wildman–Crippen LogP) is 4.02. The second-order valence-corrected chi connectivity index (χ2v) is 6.33. The monoisotopic (exact) mass is 255 g/mol. The van der Waals surface area contributed by atoms with Gasteiger partial charge in [-0.05, 0) is 40.2 Å². The zero-order valence-electron chi connectivity index (χ0n) is 11.3. The van der Waals surface area contributed by atoms with Gasteiger partial charge in [0.15, 0.2) is 0 Å². The van der Waals surface area contributed by atoms with Gasteiger partial charge in [-0.1, -0.05) is 31.5 Å². The normalized spacial score (nSPS) is 21.4. The fraction of sp³-hybridized carbons (Fsp3) is 0.538. The summed E-state index contributed by atoms with van der Waals surface area (Å²) in [5, 5.41) is 2.02. The van der Waals surface area contributed by atoms with Crippen molar-refractivity contribution in [2.45, 2.75) is 45.8 Å². The SMILES string of the molecule is C=C(C)C(=C)SC(=C)N1OC(C)(C)C(C)(C)O1. The van der Waals surface area contributed by atoms with E-state index in [2.05, 4.69) is 19.7 Å². The zero-order chi connectivity index (χ0) is 13.4. The van der Waals surface area contributed by atoms with Crippen LogP contribution >= 0.6 is 11.8 Å². The first-order valence-corrected chi connectivity index (χ1v) is 6.28. The zero-order valence-corrected chi connectivity index (χ0v) is 12.1. The van der Waals surface area contributed by atoms with Crippen molar-refractivity contribution in [2.75, 3.05) is 0 Å². The molecule has 96 valence electrons. The maximum absolute atomic E-state index is 5.73. The smallest absolute Gasteiger partial charge is 0.125 e. The van der Waals surface area contributed by atoms with Crippen LogP contribution in [0.5, 0.6) is 0 Å². The summed E-state index contributed by atoms with van der Waals surface area (Å²) in [5.74, 6) is 0. The molecule has 1 fully saturated rings. The Labute approximate surface area is 108 Å². The van der Waals surface area contributed by atoms with Gasteiger partial charge in [-0.2, -0.15) is 0 Å². The molecular formula is C13H21NO2S. The Balaban J connectivity index is 2.69. The van der Waals surface area contributed by atoms with Gasteiger partial charge < -0.3 is 0 Å². The molecular weight excluding hydrogens is 234 g/mol. The van der Waals surface area contributed by atoms with Crippen LogP contribution in [0.4, 0.5) is 0 Å². The third-order valence-corrected chi connectivity index (χ3v) is 3.97. The van der Waals surface area contributed by atoms with E-state index in [1.54, 1.807) is 0 Å². The summed E-state index contributed by atoms with van der Waals surface area (Å²) in [4.78, 5) is 12.3. The number of hydrogen-bond acceptors (Lipinski definition) is 4. The highest BCUT2D eigenvalue weighted by Crippen LogP contribution is 2.42. The molecule has 0 aromatic rings. The Bertz CT molecular complexity index is 356. The van der Waals surface area contributed by atoms with E-state index >= 15 is 0 Å². The summed E-state index contributed by atoms with van der Waals surface area (Å²) >= 11 is 1.39. The van der Waals surface area contributed by atoms with Crippen molar-refractivity contribution in [3.8, 4) is 0 Å². The molecule has 1 heterocycles. The highest BCUT2D eigenvalue weighted by molar-refractivity contribution is 8.06. The lowest BCUT2D eigenvalue weighted by molar-refractivity contribution is -0.295. The number of allylic oxidation sites excluding steroid dienone is 1. The molecule has 4 heteroatoms. The molecule has 0 saturated carbocycles. The first kappa shape index (κ1) is 14.4. The number of hydroxylamine groups is 2. The summed E-state index contributed by atoms with van der Waals surface area (Å²) in [5.41, 5.74) is 0.108. The molecule has 17 heavy (non-hydrogen) atoms. The quantitative estimate of drug-likeness (QED) is 0.707. The topological polar surface area (TPSA) is 21.7 Å². The van der Waals surface area contributed by atoms with Crippen LogP contribution in [0.15, 0.2) is 35.2 Å². The molecule has 0 aromatic heterocycles. The molecule has 1 saturated heterocycles. The van der Waals surface area contributed by atoms with E-state index in [9.17, 15) is 0 Å². The van der Waals surface area contributed by atoms with Crippen LogP contribution in [0.1, 0.15) is 34.6 Å². The molecule has 1 rings (SSSR count). The summed E-state index contributed by atoms with van der Waals surface area (Å²) in [6.45, 7) is 21.5. The summed E-state index contributed by atoms with van der Waals surface area (Å²) in [7, 11) is 0. The third-order valence-electron chi connectivity index (χ3n) is 2.99. The van der Waals surface area contributed by atoms with Gasteiger partial charge >= 0.3 is 0 Å². The number of hydrogen-bond donors (Lipinski definition) is 0. The maximum Gasteiger partial charge on any atom is 0.125 e. The lowest BCUT2D eigenvalue weighted by Crippen LogP contribution is -2.41. The van der Waals surface area contributed by atoms with Crippen molar-refractivity contribution in [2.24, 2.45) is 0 Å². The van der Waals surface area contributed by atoms with Gasteiger partial charge in [0.25, 0.3) is 0 Å². The van der Waals surface area contributed by atoms with Crippen LogP contribution in [-0.2, 0) is 9.68 Å². The standard InChI is InChI=1S/C13H21NO2S/c1-9(2)10(3)17-11(4)14-15-12(5,6)13(7,8)16-14/h1,3-4H2,2,5-8H3. The molecule has 3 nitrogen and oxygen atoms in total. The number of thioether (sulfide) groups is 1. The Morgan fingerprint density at radius 3 is 1.76 bits per heavy atom. The van der Waals surface area contributed by atoms with E-state index < -0.39 is 11.2 Å². The predicted molar refractivity (Wildman–Crippen MR) is 72.9 cm³/mol. The summed E-state index contributed by atoms with van der Waals surface area (Å²) < 4.78 is 0. The van der Waals surface area contributed by atoms with E-state index in [0.29, 0.717) is 5.03 Å². The first-order chi connectivity index (χ1) is 7.57. The van der Waals surface area contributed by atoms with Gasteiger partial charge in [-0.3, -0.25) is 0 Å². The van der Waals surface area contributed by atoms with E-state index in [-0.39, 0.29) is 0 Å². The van der Waals surface area contributed by atoms with Crippen LogP contribution in [0, 0.1) is 0 Å². The van der Waals surface area contributed by atoms with Gasteiger partial charge in [0.1, 0.15) is 16.2 Å². The molecule has 0 atom stereocenters. The van der Waals surface area contributed by atoms with E-state index in [1.165, 1.54) is 17.0 Å². The summed E-state index contributed by atoms with van der Waals surface area (Å²) in [6.07, 6.45) is 0. The minimum Gasteiger partial charge on any atom is -0.239 e. The van der Waals surface area contributed by atoms with Crippen molar-refractivity contribution in [1.82, 2.24) is 5.23 Å². The Kier molecular flexibility index (Phi) is 3.81. The average Bonchev–Trinajstić information content (AvgIpc) is 2.35. The fourth-order valence-electron chi connectivity index (χ4n) is 1.02. The Morgan fingerprint density at radius 2 is 1.41 bits per heavy atom. The Hall–Kier alpha value is -0.710.